The van der Waals surface area contributed by atoms with Gasteiger partial charge in [-0.25, -0.2) is 0 Å². The maximum atomic E-state index is 12.7. The molecule has 29 heavy (non-hydrogen) atoms. The summed E-state index contributed by atoms with van der Waals surface area (Å²) >= 11 is 1.86. The number of carbonyl (C=O) groups is 2. The van der Waals surface area contributed by atoms with Crippen molar-refractivity contribution in [3.05, 3.63) is 51.7 Å². The van der Waals surface area contributed by atoms with Gasteiger partial charge in [0.15, 0.2) is 6.54 Å². The zero-order chi connectivity index (χ0) is 20.4. The fourth-order valence-electron chi connectivity index (χ4n) is 4.50. The van der Waals surface area contributed by atoms with E-state index in [9.17, 15) is 9.59 Å². The lowest BCUT2D eigenvalue weighted by molar-refractivity contribution is -0.928. The van der Waals surface area contributed by atoms with Gasteiger partial charge in [0.25, 0.3) is 11.8 Å². The third-order valence-corrected chi connectivity index (χ3v) is 7.17. The highest BCUT2D eigenvalue weighted by Gasteiger charge is 2.43. The van der Waals surface area contributed by atoms with E-state index in [0.717, 1.165) is 24.6 Å². The summed E-state index contributed by atoms with van der Waals surface area (Å²) in [5.41, 5.74) is 2.89. The van der Waals surface area contributed by atoms with E-state index in [4.69, 9.17) is 0 Å². The molecule has 2 aliphatic rings. The Bertz CT molecular complexity index is 869. The summed E-state index contributed by atoms with van der Waals surface area (Å²) in [6.45, 7) is 6.87. The van der Waals surface area contributed by atoms with Crippen LogP contribution in [0.1, 0.15) is 53.5 Å². The molecule has 154 valence electrons. The molecule has 1 unspecified atom stereocenters. The third kappa shape index (κ3) is 4.38. The van der Waals surface area contributed by atoms with Crippen LogP contribution in [0.3, 0.4) is 0 Å². The zero-order valence-corrected chi connectivity index (χ0v) is 18.1. The number of amides is 2. The second kappa shape index (κ2) is 8.67. The summed E-state index contributed by atoms with van der Waals surface area (Å²) in [7, 11) is 0. The number of thiophene rings is 1. The molecule has 2 N–H and O–H groups in total. The largest absolute Gasteiger partial charge is 0.339 e. The number of fused-ring (bicyclic) bond motifs is 1. The fourth-order valence-corrected chi connectivity index (χ4v) is 5.43. The normalized spacial score (nSPS) is 20.8. The molecule has 4 rings (SSSR count). The molecule has 1 aromatic carbocycles. The Kier molecular flexibility index (Phi) is 6.01. The van der Waals surface area contributed by atoms with Gasteiger partial charge in [0.1, 0.15) is 6.04 Å². The molecule has 0 saturated heterocycles. The van der Waals surface area contributed by atoms with E-state index in [0.29, 0.717) is 31.2 Å². The minimum absolute atomic E-state index is 0.0319. The van der Waals surface area contributed by atoms with Gasteiger partial charge in [-0.15, -0.1) is 11.3 Å². The molecule has 2 atom stereocenters. The molecule has 1 aromatic heterocycles. The van der Waals surface area contributed by atoms with Crippen molar-refractivity contribution in [3.8, 4) is 0 Å². The minimum atomic E-state index is 0.0319. The number of rotatable bonds is 7. The van der Waals surface area contributed by atoms with Crippen molar-refractivity contribution in [1.29, 1.82) is 0 Å². The number of carbonyl (C=O) groups excluding carboxylic acids is 2. The molecular weight excluding hydrogens is 382 g/mol. The van der Waals surface area contributed by atoms with Crippen molar-refractivity contribution in [1.82, 2.24) is 4.90 Å². The number of hydrogen-bond acceptors (Lipinski definition) is 3. The average molecular weight is 413 g/mol. The van der Waals surface area contributed by atoms with Gasteiger partial charge >= 0.3 is 0 Å². The summed E-state index contributed by atoms with van der Waals surface area (Å²) in [5.74, 6) is 0.813. The molecule has 2 aromatic rings. The van der Waals surface area contributed by atoms with E-state index in [1.165, 1.54) is 28.2 Å². The van der Waals surface area contributed by atoms with Crippen molar-refractivity contribution in [3.63, 3.8) is 0 Å². The van der Waals surface area contributed by atoms with Crippen LogP contribution in [-0.2, 0) is 11.2 Å². The van der Waals surface area contributed by atoms with E-state index in [2.05, 4.69) is 16.8 Å². The van der Waals surface area contributed by atoms with Gasteiger partial charge in [-0.2, -0.15) is 0 Å². The van der Waals surface area contributed by atoms with Crippen molar-refractivity contribution >= 4 is 28.8 Å². The highest BCUT2D eigenvalue weighted by molar-refractivity contribution is 7.10. The molecule has 6 heteroatoms. The first-order valence-corrected chi connectivity index (χ1v) is 11.6. The van der Waals surface area contributed by atoms with Crippen LogP contribution in [0.4, 0.5) is 5.69 Å². The molecule has 1 fully saturated rings. The predicted octanol–water partition coefficient (Wildman–Crippen LogP) is 2.76. The van der Waals surface area contributed by atoms with Gasteiger partial charge in [0.05, 0.1) is 6.54 Å². The van der Waals surface area contributed by atoms with Gasteiger partial charge in [-0.05, 0) is 62.4 Å². The van der Waals surface area contributed by atoms with E-state index < -0.39 is 0 Å². The Balaban J connectivity index is 1.38. The quantitative estimate of drug-likeness (QED) is 0.735. The molecule has 0 radical (unpaired) electrons. The second-order valence-corrected chi connectivity index (χ2v) is 9.05. The number of nitrogens with zero attached hydrogens (tertiary/aromatic N) is 1. The lowest BCUT2D eigenvalue weighted by Gasteiger charge is -2.32. The first-order valence-electron chi connectivity index (χ1n) is 10.7. The topological polar surface area (TPSA) is 53.9 Å². The van der Waals surface area contributed by atoms with Crippen LogP contribution in [0.15, 0.2) is 35.7 Å². The molecule has 2 heterocycles. The lowest BCUT2D eigenvalue weighted by atomic mass is 9.96. The Morgan fingerprint density at radius 1 is 1.14 bits per heavy atom. The van der Waals surface area contributed by atoms with Crippen LogP contribution < -0.4 is 10.2 Å². The molecule has 1 aliphatic heterocycles. The second-order valence-electron chi connectivity index (χ2n) is 8.05. The molecule has 0 spiro atoms. The molecule has 5 nitrogen and oxygen atoms in total. The maximum absolute atomic E-state index is 12.7. The van der Waals surface area contributed by atoms with Gasteiger partial charge < -0.3 is 15.1 Å². The third-order valence-electron chi connectivity index (χ3n) is 6.18. The standard InChI is InChI=1S/C23H29N3O2S/c1-3-25(4-2)23(28)17-7-9-18(10-8-17)24-21(27)15-26-13-11-20-19(12-14-29-20)22(26)16-5-6-16/h7-10,12,14,16,22H,3-6,11,13,15H2,1-2H3,(H,24,27)/p+1/t22-/m0/s1. The van der Waals surface area contributed by atoms with Gasteiger partial charge in [-0.3, -0.25) is 9.59 Å². The van der Waals surface area contributed by atoms with E-state index >= 15 is 0 Å². The predicted molar refractivity (Wildman–Crippen MR) is 117 cm³/mol. The lowest BCUT2D eigenvalue weighted by Crippen LogP contribution is -3.14. The Morgan fingerprint density at radius 2 is 1.86 bits per heavy atom. The van der Waals surface area contributed by atoms with Crippen molar-refractivity contribution in [2.24, 2.45) is 5.92 Å². The van der Waals surface area contributed by atoms with Crippen LogP contribution in [0.2, 0.25) is 0 Å². The van der Waals surface area contributed by atoms with Crippen LogP contribution in [0.5, 0.6) is 0 Å². The SMILES string of the molecule is CCN(CC)C(=O)c1ccc(NC(=O)C[NH+]2CCc3sccc3[C@@H]2C2CC2)cc1. The molecule has 2 amide bonds. The van der Waals surface area contributed by atoms with Crippen LogP contribution in [-0.4, -0.2) is 42.9 Å². The zero-order valence-electron chi connectivity index (χ0n) is 17.2. The highest BCUT2D eigenvalue weighted by Crippen LogP contribution is 2.42. The average Bonchev–Trinajstić information content (AvgIpc) is 3.45. The maximum Gasteiger partial charge on any atom is 0.279 e. The van der Waals surface area contributed by atoms with Crippen molar-refractivity contribution < 1.29 is 14.5 Å². The smallest absolute Gasteiger partial charge is 0.279 e. The minimum Gasteiger partial charge on any atom is -0.339 e. The number of hydrogen-bond donors (Lipinski definition) is 2. The van der Waals surface area contributed by atoms with E-state index in [1.54, 1.807) is 17.0 Å². The van der Waals surface area contributed by atoms with Gasteiger partial charge in [0, 0.05) is 47.1 Å². The van der Waals surface area contributed by atoms with Crippen LogP contribution >= 0.6 is 11.3 Å². The Morgan fingerprint density at radius 3 is 2.52 bits per heavy atom. The fraction of sp³-hybridized carbons (Fsp3) is 0.478. The van der Waals surface area contributed by atoms with Gasteiger partial charge in [-0.1, -0.05) is 0 Å². The first-order chi connectivity index (χ1) is 14.1. The summed E-state index contributed by atoms with van der Waals surface area (Å²) in [6, 6.07) is 10.0. The molecular formula is C23H30N3O2S+. The summed E-state index contributed by atoms with van der Waals surface area (Å²) < 4.78 is 0. The Hall–Kier alpha value is -2.18. The van der Waals surface area contributed by atoms with Gasteiger partial charge in [0.2, 0.25) is 0 Å². The number of nitrogens with one attached hydrogen (secondary N) is 2. The molecule has 1 aliphatic carbocycles. The summed E-state index contributed by atoms with van der Waals surface area (Å²) in [5, 5.41) is 5.23. The van der Waals surface area contributed by atoms with Crippen molar-refractivity contribution in [2.45, 2.75) is 39.2 Å². The molecule has 0 bridgehead atoms. The van der Waals surface area contributed by atoms with Crippen LogP contribution in [0.25, 0.3) is 0 Å². The summed E-state index contributed by atoms with van der Waals surface area (Å²) in [4.78, 5) is 29.9. The number of quaternary nitrogens is 1. The highest BCUT2D eigenvalue weighted by atomic mass is 32.1. The van der Waals surface area contributed by atoms with E-state index in [1.807, 2.05) is 37.3 Å². The van der Waals surface area contributed by atoms with E-state index in [-0.39, 0.29) is 11.8 Å². The van der Waals surface area contributed by atoms with Crippen molar-refractivity contribution in [2.75, 3.05) is 31.5 Å². The summed E-state index contributed by atoms with van der Waals surface area (Å²) in [6.07, 6.45) is 3.64. The Labute approximate surface area is 176 Å². The number of benzene rings is 1. The monoisotopic (exact) mass is 412 g/mol. The first kappa shape index (κ1) is 20.1. The molecule has 1 saturated carbocycles. The van der Waals surface area contributed by atoms with Crippen LogP contribution in [0, 0.1) is 5.92 Å². The number of anilines is 1.